The number of carboxylic acids is 1. The quantitative estimate of drug-likeness (QED) is 0.315. The number of allylic oxidation sites excluding steroid dienone is 2. The molecule has 0 aromatic rings. The fraction of sp³-hybridized carbons (Fsp3) is 0.833. The van der Waals surface area contributed by atoms with Crippen LogP contribution in [0.4, 0.5) is 0 Å². The van der Waals surface area contributed by atoms with Crippen molar-refractivity contribution in [3.05, 3.63) is 22.8 Å². The Morgan fingerprint density at radius 3 is 2.41 bits per heavy atom. The van der Waals surface area contributed by atoms with Crippen molar-refractivity contribution in [3.63, 3.8) is 0 Å². The average molecular weight is 473 g/mol. The van der Waals surface area contributed by atoms with Crippen molar-refractivity contribution >= 4 is 5.97 Å². The molecule has 4 aliphatic carbocycles. The van der Waals surface area contributed by atoms with Gasteiger partial charge in [0.1, 0.15) is 0 Å². The third-order valence-corrected chi connectivity index (χ3v) is 11.9. The number of carbonyl (C=O) groups is 1. The van der Waals surface area contributed by atoms with Crippen LogP contribution >= 0.6 is 0 Å². The van der Waals surface area contributed by atoms with Gasteiger partial charge in [0.05, 0.1) is 12.2 Å². The summed E-state index contributed by atoms with van der Waals surface area (Å²) in [6.07, 6.45) is 10.2. The highest BCUT2D eigenvalue weighted by molar-refractivity contribution is 5.85. The topological polar surface area (TPSA) is 77.8 Å². The van der Waals surface area contributed by atoms with Crippen LogP contribution in [0.2, 0.25) is 0 Å². The van der Waals surface area contributed by atoms with E-state index in [-0.39, 0.29) is 27.8 Å². The first kappa shape index (κ1) is 25.9. The molecule has 4 nitrogen and oxygen atoms in total. The minimum atomic E-state index is -0.823. The van der Waals surface area contributed by atoms with Gasteiger partial charge in [-0.05, 0) is 110 Å². The molecule has 192 valence electrons. The van der Waals surface area contributed by atoms with Crippen LogP contribution < -0.4 is 0 Å². The number of aliphatic hydroxyl groups excluding tert-OH is 2. The van der Waals surface area contributed by atoms with E-state index in [1.807, 2.05) is 6.08 Å². The summed E-state index contributed by atoms with van der Waals surface area (Å²) in [7, 11) is 0. The summed E-state index contributed by atoms with van der Waals surface area (Å²) in [5, 5.41) is 31.7. The van der Waals surface area contributed by atoms with Crippen molar-refractivity contribution in [2.75, 3.05) is 0 Å². The van der Waals surface area contributed by atoms with E-state index in [9.17, 15) is 15.0 Å². The number of aliphatic carboxylic acids is 1. The number of rotatable bonds is 5. The third-order valence-electron chi connectivity index (χ3n) is 11.9. The molecule has 8 atom stereocenters. The van der Waals surface area contributed by atoms with E-state index in [0.29, 0.717) is 23.3 Å². The molecule has 0 amide bonds. The van der Waals surface area contributed by atoms with E-state index >= 15 is 0 Å². The molecular formula is C30H48O4. The van der Waals surface area contributed by atoms with Gasteiger partial charge in [-0.1, -0.05) is 53.2 Å². The molecule has 0 saturated heterocycles. The number of hydrogen-bond acceptors (Lipinski definition) is 3. The Bertz CT molecular complexity index is 899. The van der Waals surface area contributed by atoms with E-state index in [1.54, 1.807) is 6.92 Å². The first-order valence-electron chi connectivity index (χ1n) is 13.7. The van der Waals surface area contributed by atoms with Crippen molar-refractivity contribution in [1.29, 1.82) is 0 Å². The lowest BCUT2D eigenvalue weighted by atomic mass is 9.42. The van der Waals surface area contributed by atoms with Crippen molar-refractivity contribution in [2.24, 2.45) is 39.4 Å². The second-order valence-corrected chi connectivity index (χ2v) is 13.6. The Morgan fingerprint density at radius 1 is 1.09 bits per heavy atom. The second-order valence-electron chi connectivity index (χ2n) is 13.6. The van der Waals surface area contributed by atoms with E-state index in [2.05, 4.69) is 41.5 Å². The molecule has 34 heavy (non-hydrogen) atoms. The Balaban J connectivity index is 1.65. The number of aliphatic hydroxyl groups is 2. The third kappa shape index (κ3) is 3.57. The van der Waals surface area contributed by atoms with Gasteiger partial charge < -0.3 is 15.3 Å². The molecule has 8 unspecified atom stereocenters. The van der Waals surface area contributed by atoms with E-state index in [1.165, 1.54) is 24.0 Å². The molecule has 0 radical (unpaired) electrons. The average Bonchev–Trinajstić information content (AvgIpc) is 3.04. The van der Waals surface area contributed by atoms with Gasteiger partial charge in [-0.25, -0.2) is 4.79 Å². The Hall–Kier alpha value is -1.13. The highest BCUT2D eigenvalue weighted by Gasteiger charge is 2.65. The predicted molar refractivity (Wildman–Crippen MR) is 136 cm³/mol. The second kappa shape index (κ2) is 8.47. The van der Waals surface area contributed by atoms with Crippen molar-refractivity contribution in [1.82, 2.24) is 0 Å². The lowest BCUT2D eigenvalue weighted by Gasteiger charge is -2.63. The summed E-state index contributed by atoms with van der Waals surface area (Å²) in [5.41, 5.74) is 3.40. The van der Waals surface area contributed by atoms with Gasteiger partial charge >= 0.3 is 5.97 Å². The molecular weight excluding hydrogens is 424 g/mol. The van der Waals surface area contributed by atoms with E-state index < -0.39 is 12.1 Å². The first-order valence-corrected chi connectivity index (χ1v) is 13.7. The normalized spacial score (nSPS) is 44.8. The summed E-state index contributed by atoms with van der Waals surface area (Å²) in [4.78, 5) is 11.2. The molecule has 0 aromatic carbocycles. The molecule has 0 bridgehead atoms. The van der Waals surface area contributed by atoms with Crippen LogP contribution in [0.3, 0.4) is 0 Å². The van der Waals surface area contributed by atoms with Crippen molar-refractivity contribution < 1.29 is 20.1 Å². The molecule has 2 fully saturated rings. The molecule has 4 aliphatic rings. The number of carboxylic acid groups (broad SMARTS) is 1. The Morgan fingerprint density at radius 2 is 1.76 bits per heavy atom. The maximum Gasteiger partial charge on any atom is 0.330 e. The zero-order chi connectivity index (χ0) is 25.3. The zero-order valence-corrected chi connectivity index (χ0v) is 22.6. The van der Waals surface area contributed by atoms with Gasteiger partial charge in [0, 0.05) is 5.57 Å². The largest absolute Gasteiger partial charge is 0.478 e. The van der Waals surface area contributed by atoms with Gasteiger partial charge in [-0.2, -0.15) is 0 Å². The number of hydrogen-bond donors (Lipinski definition) is 3. The van der Waals surface area contributed by atoms with Gasteiger partial charge in [0.2, 0.25) is 0 Å². The maximum atomic E-state index is 11.7. The maximum absolute atomic E-state index is 11.7. The molecule has 2 saturated carbocycles. The standard InChI is InChI=1S/C30H48O4/c1-18(9-8-10-19(2)26(33)34)20-11-16-30(7)25-21(12-15-29(20,30)6)28(5)14-13-24(32)27(3,4)23(28)17-22(25)31/h10,18,20,22-24,31-32H,8-9,11-17H2,1-7H3,(H,33,34). The summed E-state index contributed by atoms with van der Waals surface area (Å²) >= 11 is 0. The van der Waals surface area contributed by atoms with Crippen LogP contribution in [0.1, 0.15) is 106 Å². The highest BCUT2D eigenvalue weighted by Crippen LogP contribution is 2.72. The van der Waals surface area contributed by atoms with Crippen LogP contribution in [-0.4, -0.2) is 33.5 Å². The van der Waals surface area contributed by atoms with Gasteiger partial charge in [-0.15, -0.1) is 0 Å². The van der Waals surface area contributed by atoms with Gasteiger partial charge in [-0.3, -0.25) is 0 Å². The molecule has 4 rings (SSSR count). The zero-order valence-electron chi connectivity index (χ0n) is 22.6. The molecule has 0 aromatic heterocycles. The lowest BCUT2D eigenvalue weighted by molar-refractivity contribution is -0.132. The molecule has 0 heterocycles. The summed E-state index contributed by atoms with van der Waals surface area (Å²) in [6.45, 7) is 15.8. The summed E-state index contributed by atoms with van der Waals surface area (Å²) in [5.74, 6) is 0.606. The summed E-state index contributed by atoms with van der Waals surface area (Å²) in [6, 6.07) is 0. The minimum Gasteiger partial charge on any atom is -0.478 e. The van der Waals surface area contributed by atoms with Gasteiger partial charge in [0.15, 0.2) is 0 Å². The highest BCUT2D eigenvalue weighted by atomic mass is 16.4. The smallest absolute Gasteiger partial charge is 0.330 e. The fourth-order valence-corrected chi connectivity index (χ4v) is 9.44. The van der Waals surface area contributed by atoms with E-state index in [4.69, 9.17) is 5.11 Å². The minimum absolute atomic E-state index is 0.0138. The van der Waals surface area contributed by atoms with Crippen molar-refractivity contribution in [3.8, 4) is 0 Å². The van der Waals surface area contributed by atoms with Crippen LogP contribution in [0, 0.1) is 39.4 Å². The van der Waals surface area contributed by atoms with Crippen LogP contribution in [-0.2, 0) is 4.79 Å². The first-order chi connectivity index (χ1) is 15.7. The van der Waals surface area contributed by atoms with Crippen LogP contribution in [0.5, 0.6) is 0 Å². The van der Waals surface area contributed by atoms with Crippen LogP contribution in [0.15, 0.2) is 22.8 Å². The number of fused-ring (bicyclic) bond motifs is 4. The predicted octanol–water partition coefficient (Wildman–Crippen LogP) is 6.51. The fourth-order valence-electron chi connectivity index (χ4n) is 9.44. The lowest BCUT2D eigenvalue weighted by Crippen LogP contribution is -2.57. The SMILES string of the molecule is CC(=CCCC(C)C1CCC2(C)C3=C(CCC12C)C1(C)CCC(O)C(C)(C)C1CC3O)C(=O)O. The summed E-state index contributed by atoms with van der Waals surface area (Å²) < 4.78 is 0. The molecule has 0 aliphatic heterocycles. The molecule has 3 N–H and O–H groups in total. The molecule has 0 spiro atoms. The van der Waals surface area contributed by atoms with Crippen molar-refractivity contribution in [2.45, 2.75) is 118 Å². The van der Waals surface area contributed by atoms with Crippen LogP contribution in [0.25, 0.3) is 0 Å². The van der Waals surface area contributed by atoms with Gasteiger partial charge in [0.25, 0.3) is 0 Å². The monoisotopic (exact) mass is 472 g/mol. The Labute approximate surface area is 206 Å². The Kier molecular flexibility index (Phi) is 6.47. The molecule has 4 heteroatoms. The van der Waals surface area contributed by atoms with E-state index in [0.717, 1.165) is 44.9 Å².